The summed E-state index contributed by atoms with van der Waals surface area (Å²) >= 11 is 0. The van der Waals surface area contributed by atoms with Crippen LogP contribution in [0.25, 0.3) is 0 Å². The molecule has 5 nitrogen and oxygen atoms in total. The van der Waals surface area contributed by atoms with E-state index in [9.17, 15) is 14.0 Å². The maximum atomic E-state index is 13.6. The molecule has 1 aromatic rings. The second-order valence-electron chi connectivity index (χ2n) is 3.42. The van der Waals surface area contributed by atoms with Gasteiger partial charge in [0.2, 0.25) is 0 Å². The van der Waals surface area contributed by atoms with Gasteiger partial charge in [-0.2, -0.15) is 0 Å². The Balaban J connectivity index is 2.71. The Morgan fingerprint density at radius 1 is 1.42 bits per heavy atom. The normalized spacial score (nSPS) is 9.00. The molecule has 0 saturated heterocycles. The van der Waals surface area contributed by atoms with Gasteiger partial charge in [0.15, 0.2) is 0 Å². The van der Waals surface area contributed by atoms with Crippen molar-refractivity contribution < 1.29 is 18.7 Å². The Morgan fingerprint density at radius 2 is 2.16 bits per heavy atom. The molecular formula is C13H13FN2O3. The van der Waals surface area contributed by atoms with E-state index in [0.29, 0.717) is 0 Å². The number of amides is 2. The standard InChI is InChI=1S/C13H13FN2O3/c1-3-4-7-15-13(18)16-11-6-5-9(8-10(11)14)12(17)19-2/h5-6,8H,7H2,1-2H3,(H2,15,16,18). The van der Waals surface area contributed by atoms with Crippen LogP contribution in [0.1, 0.15) is 17.3 Å². The number of rotatable bonds is 3. The van der Waals surface area contributed by atoms with Crippen molar-refractivity contribution in [1.29, 1.82) is 0 Å². The van der Waals surface area contributed by atoms with Gasteiger partial charge in [0.25, 0.3) is 0 Å². The van der Waals surface area contributed by atoms with Crippen LogP contribution in [0.3, 0.4) is 0 Å². The largest absolute Gasteiger partial charge is 0.465 e. The Morgan fingerprint density at radius 3 is 2.74 bits per heavy atom. The zero-order valence-corrected chi connectivity index (χ0v) is 10.5. The first-order chi connectivity index (χ1) is 9.08. The van der Waals surface area contributed by atoms with Crippen LogP contribution in [0.4, 0.5) is 14.9 Å². The van der Waals surface area contributed by atoms with Crippen LogP contribution in [0.5, 0.6) is 0 Å². The molecule has 0 spiro atoms. The lowest BCUT2D eigenvalue weighted by atomic mass is 10.2. The molecule has 1 aromatic carbocycles. The van der Waals surface area contributed by atoms with Gasteiger partial charge in [-0.15, -0.1) is 5.92 Å². The number of benzene rings is 1. The quantitative estimate of drug-likeness (QED) is 0.645. The van der Waals surface area contributed by atoms with Gasteiger partial charge in [-0.25, -0.2) is 14.0 Å². The molecule has 0 atom stereocenters. The van der Waals surface area contributed by atoms with Crippen molar-refractivity contribution in [3.05, 3.63) is 29.6 Å². The molecule has 1 rings (SSSR count). The molecule has 0 aromatic heterocycles. The number of urea groups is 1. The van der Waals surface area contributed by atoms with Crippen LogP contribution in [-0.4, -0.2) is 25.7 Å². The van der Waals surface area contributed by atoms with Crippen molar-refractivity contribution in [2.24, 2.45) is 0 Å². The molecule has 2 amide bonds. The first kappa shape index (κ1) is 14.5. The minimum Gasteiger partial charge on any atom is -0.465 e. The molecule has 0 fully saturated rings. The van der Waals surface area contributed by atoms with E-state index < -0.39 is 17.8 Å². The van der Waals surface area contributed by atoms with Crippen LogP contribution in [0.2, 0.25) is 0 Å². The van der Waals surface area contributed by atoms with E-state index in [4.69, 9.17) is 0 Å². The van der Waals surface area contributed by atoms with Crippen LogP contribution < -0.4 is 10.6 Å². The summed E-state index contributed by atoms with van der Waals surface area (Å²) in [6.07, 6.45) is 0. The van der Waals surface area contributed by atoms with Gasteiger partial charge in [0.1, 0.15) is 5.82 Å². The average molecular weight is 264 g/mol. The number of hydrogen-bond donors (Lipinski definition) is 2. The van der Waals surface area contributed by atoms with E-state index in [1.54, 1.807) is 6.92 Å². The number of nitrogens with one attached hydrogen (secondary N) is 2. The molecule has 0 radical (unpaired) electrons. The van der Waals surface area contributed by atoms with Gasteiger partial charge in [-0.1, -0.05) is 5.92 Å². The van der Waals surface area contributed by atoms with Crippen LogP contribution in [0, 0.1) is 17.7 Å². The zero-order valence-electron chi connectivity index (χ0n) is 10.5. The lowest BCUT2D eigenvalue weighted by molar-refractivity contribution is 0.0600. The Bertz CT molecular complexity index is 547. The molecule has 0 saturated carbocycles. The summed E-state index contributed by atoms with van der Waals surface area (Å²) in [5, 5.41) is 4.73. The number of carbonyl (C=O) groups excluding carboxylic acids is 2. The summed E-state index contributed by atoms with van der Waals surface area (Å²) in [5.74, 6) is 3.87. The van der Waals surface area contributed by atoms with Crippen LogP contribution in [0.15, 0.2) is 18.2 Å². The first-order valence-electron chi connectivity index (χ1n) is 5.40. The molecule has 0 unspecified atom stereocenters. The fraction of sp³-hybridized carbons (Fsp3) is 0.231. The van der Waals surface area contributed by atoms with Gasteiger partial charge in [0.05, 0.1) is 24.9 Å². The van der Waals surface area contributed by atoms with Crippen LogP contribution >= 0.6 is 0 Å². The molecule has 0 aliphatic carbocycles. The number of anilines is 1. The van der Waals surface area contributed by atoms with Gasteiger partial charge < -0.3 is 15.4 Å². The summed E-state index contributed by atoms with van der Waals surface area (Å²) in [5.41, 5.74) is 0.0393. The SMILES string of the molecule is CC#CCNC(=O)Nc1ccc(C(=O)OC)cc1F. The van der Waals surface area contributed by atoms with E-state index >= 15 is 0 Å². The van der Waals surface area contributed by atoms with E-state index in [1.807, 2.05) is 0 Å². The molecule has 100 valence electrons. The number of hydrogen-bond acceptors (Lipinski definition) is 3. The van der Waals surface area contributed by atoms with Gasteiger partial charge >= 0.3 is 12.0 Å². The van der Waals surface area contributed by atoms with E-state index in [0.717, 1.165) is 6.07 Å². The highest BCUT2D eigenvalue weighted by molar-refractivity contribution is 5.92. The molecular weight excluding hydrogens is 251 g/mol. The predicted molar refractivity (Wildman–Crippen MR) is 68.2 cm³/mol. The minimum absolute atomic E-state index is 0.0328. The van der Waals surface area contributed by atoms with Gasteiger partial charge in [-0.3, -0.25) is 0 Å². The fourth-order valence-corrected chi connectivity index (χ4v) is 1.24. The highest BCUT2D eigenvalue weighted by Crippen LogP contribution is 2.16. The minimum atomic E-state index is -0.723. The second-order valence-corrected chi connectivity index (χ2v) is 3.42. The van der Waals surface area contributed by atoms with Gasteiger partial charge in [-0.05, 0) is 25.1 Å². The Kier molecular flexibility index (Phi) is 5.35. The van der Waals surface area contributed by atoms with E-state index in [2.05, 4.69) is 27.2 Å². The highest BCUT2D eigenvalue weighted by Gasteiger charge is 2.11. The van der Waals surface area contributed by atoms with E-state index in [-0.39, 0.29) is 17.8 Å². The average Bonchev–Trinajstić information content (AvgIpc) is 2.40. The molecule has 19 heavy (non-hydrogen) atoms. The van der Waals surface area contributed by atoms with Crippen molar-refractivity contribution in [3.63, 3.8) is 0 Å². The summed E-state index contributed by atoms with van der Waals surface area (Å²) in [4.78, 5) is 22.5. The summed E-state index contributed by atoms with van der Waals surface area (Å²) in [6.45, 7) is 1.81. The van der Waals surface area contributed by atoms with Crippen molar-refractivity contribution in [1.82, 2.24) is 5.32 Å². The number of methoxy groups -OCH3 is 1. The maximum Gasteiger partial charge on any atom is 0.337 e. The first-order valence-corrected chi connectivity index (χ1v) is 5.40. The third-order valence-electron chi connectivity index (χ3n) is 2.15. The molecule has 6 heteroatoms. The molecule has 0 bridgehead atoms. The monoisotopic (exact) mass is 264 g/mol. The number of esters is 1. The third kappa shape index (κ3) is 4.32. The highest BCUT2D eigenvalue weighted by atomic mass is 19.1. The van der Waals surface area contributed by atoms with Crippen molar-refractivity contribution in [3.8, 4) is 11.8 Å². The summed E-state index contributed by atoms with van der Waals surface area (Å²) in [7, 11) is 1.20. The molecule has 0 heterocycles. The second kappa shape index (κ2) is 7.01. The lowest BCUT2D eigenvalue weighted by Crippen LogP contribution is -2.29. The summed E-state index contributed by atoms with van der Waals surface area (Å²) in [6, 6.07) is 3.06. The molecule has 0 aliphatic heterocycles. The predicted octanol–water partition coefficient (Wildman–Crippen LogP) is 1.76. The van der Waals surface area contributed by atoms with Crippen molar-refractivity contribution in [2.75, 3.05) is 19.0 Å². The zero-order chi connectivity index (χ0) is 14.3. The molecule has 0 aliphatic rings. The maximum absolute atomic E-state index is 13.6. The molecule has 2 N–H and O–H groups in total. The number of halogens is 1. The number of carbonyl (C=O) groups is 2. The third-order valence-corrected chi connectivity index (χ3v) is 2.15. The van der Waals surface area contributed by atoms with E-state index in [1.165, 1.54) is 19.2 Å². The number of ether oxygens (including phenoxy) is 1. The Hall–Kier alpha value is -2.55. The smallest absolute Gasteiger partial charge is 0.337 e. The summed E-state index contributed by atoms with van der Waals surface area (Å²) < 4.78 is 18.1. The fourth-order valence-electron chi connectivity index (χ4n) is 1.24. The lowest BCUT2D eigenvalue weighted by Gasteiger charge is -2.07. The van der Waals surface area contributed by atoms with Crippen molar-refractivity contribution >= 4 is 17.7 Å². The van der Waals surface area contributed by atoms with Gasteiger partial charge in [0, 0.05) is 0 Å². The van der Waals surface area contributed by atoms with Crippen LogP contribution in [-0.2, 0) is 4.74 Å². The Labute approximate surface area is 110 Å². The van der Waals surface area contributed by atoms with Crippen molar-refractivity contribution in [2.45, 2.75) is 6.92 Å². The topological polar surface area (TPSA) is 67.4 Å².